The number of carboxylic acid groups (broad SMARTS) is 1. The Morgan fingerprint density at radius 3 is 2.72 bits per heavy atom. The molecule has 1 aromatic heterocycles. The molecule has 100 valence electrons. The van der Waals surface area contributed by atoms with Crippen LogP contribution in [0.15, 0.2) is 11.7 Å². The van der Waals surface area contributed by atoms with Gasteiger partial charge in [0, 0.05) is 17.6 Å². The van der Waals surface area contributed by atoms with E-state index in [2.05, 4.69) is 15.6 Å². The lowest BCUT2D eigenvalue weighted by molar-refractivity contribution is -0.147. The normalized spacial score (nSPS) is 13.7. The standard InChI is InChI=1S/C11H17N3O3S/c1-3-11(2,9(15)16)6-14-10(17)13-5-8-4-12-7-18-8/h4,7H,3,5-6H2,1-2H3,(H,15,16)(H2,13,14,17). The average molecular weight is 271 g/mol. The summed E-state index contributed by atoms with van der Waals surface area (Å²) in [7, 11) is 0. The van der Waals surface area contributed by atoms with Crippen molar-refractivity contribution in [3.63, 3.8) is 0 Å². The maximum atomic E-state index is 11.5. The van der Waals surface area contributed by atoms with Crippen LogP contribution in [0, 0.1) is 5.41 Å². The van der Waals surface area contributed by atoms with Gasteiger partial charge in [-0.25, -0.2) is 4.79 Å². The summed E-state index contributed by atoms with van der Waals surface area (Å²) in [6.07, 6.45) is 2.13. The average Bonchev–Trinajstić information content (AvgIpc) is 2.86. The van der Waals surface area contributed by atoms with Gasteiger partial charge in [0.25, 0.3) is 0 Å². The SMILES string of the molecule is CCC(C)(CNC(=O)NCc1cncs1)C(=O)O. The second kappa shape index (κ2) is 6.34. The fraction of sp³-hybridized carbons (Fsp3) is 0.545. The number of nitrogens with one attached hydrogen (secondary N) is 2. The maximum absolute atomic E-state index is 11.5. The lowest BCUT2D eigenvalue weighted by Gasteiger charge is -2.23. The molecule has 1 rings (SSSR count). The molecule has 0 fully saturated rings. The molecule has 0 saturated heterocycles. The van der Waals surface area contributed by atoms with E-state index in [-0.39, 0.29) is 12.6 Å². The molecule has 0 saturated carbocycles. The molecule has 7 heteroatoms. The Balaban J connectivity index is 2.34. The predicted molar refractivity (Wildman–Crippen MR) is 68.4 cm³/mol. The fourth-order valence-corrected chi connectivity index (χ4v) is 1.72. The molecule has 0 bridgehead atoms. The van der Waals surface area contributed by atoms with Gasteiger partial charge in [0.2, 0.25) is 0 Å². The van der Waals surface area contributed by atoms with Crippen molar-refractivity contribution in [2.45, 2.75) is 26.8 Å². The van der Waals surface area contributed by atoms with E-state index in [4.69, 9.17) is 5.11 Å². The van der Waals surface area contributed by atoms with E-state index in [1.807, 2.05) is 0 Å². The summed E-state index contributed by atoms with van der Waals surface area (Å²) >= 11 is 1.45. The third kappa shape index (κ3) is 3.99. The first-order valence-corrected chi connectivity index (χ1v) is 6.48. The highest BCUT2D eigenvalue weighted by Crippen LogP contribution is 2.19. The molecule has 2 amide bonds. The molecule has 0 aliphatic heterocycles. The second-order valence-corrected chi connectivity index (χ2v) is 5.19. The summed E-state index contributed by atoms with van der Waals surface area (Å²) in [4.78, 5) is 27.4. The van der Waals surface area contributed by atoms with Gasteiger partial charge in [-0.3, -0.25) is 9.78 Å². The lowest BCUT2D eigenvalue weighted by Crippen LogP contribution is -2.44. The molecule has 18 heavy (non-hydrogen) atoms. The van der Waals surface area contributed by atoms with Crippen LogP contribution >= 0.6 is 11.3 Å². The molecule has 1 atom stereocenters. The van der Waals surface area contributed by atoms with Crippen molar-refractivity contribution in [3.05, 3.63) is 16.6 Å². The first kappa shape index (κ1) is 14.4. The number of rotatable bonds is 6. The van der Waals surface area contributed by atoms with E-state index in [9.17, 15) is 9.59 Å². The number of hydrogen-bond donors (Lipinski definition) is 3. The summed E-state index contributed by atoms with van der Waals surface area (Å²) in [5.74, 6) is -0.909. The highest BCUT2D eigenvalue weighted by molar-refractivity contribution is 7.09. The van der Waals surface area contributed by atoms with Gasteiger partial charge in [-0.1, -0.05) is 6.92 Å². The molecule has 6 nitrogen and oxygen atoms in total. The van der Waals surface area contributed by atoms with Crippen LogP contribution in [-0.2, 0) is 11.3 Å². The van der Waals surface area contributed by atoms with Gasteiger partial charge in [-0.15, -0.1) is 11.3 Å². The first-order valence-electron chi connectivity index (χ1n) is 5.60. The number of aliphatic carboxylic acids is 1. The molecule has 0 aliphatic rings. The van der Waals surface area contributed by atoms with Crippen molar-refractivity contribution < 1.29 is 14.7 Å². The minimum atomic E-state index is -0.929. The van der Waals surface area contributed by atoms with Crippen LogP contribution in [0.2, 0.25) is 0 Å². The van der Waals surface area contributed by atoms with Gasteiger partial charge in [-0.2, -0.15) is 0 Å². The minimum Gasteiger partial charge on any atom is -0.481 e. The lowest BCUT2D eigenvalue weighted by atomic mass is 9.88. The Morgan fingerprint density at radius 1 is 1.50 bits per heavy atom. The zero-order valence-corrected chi connectivity index (χ0v) is 11.2. The van der Waals surface area contributed by atoms with Gasteiger partial charge in [-0.05, 0) is 13.3 Å². The summed E-state index contributed by atoms with van der Waals surface area (Å²) in [5.41, 5.74) is 0.759. The van der Waals surface area contributed by atoms with Crippen molar-refractivity contribution >= 4 is 23.3 Å². The first-order chi connectivity index (χ1) is 8.48. The number of carbonyl (C=O) groups excluding carboxylic acids is 1. The minimum absolute atomic E-state index is 0.105. The van der Waals surface area contributed by atoms with Gasteiger partial charge in [0.1, 0.15) is 0 Å². The van der Waals surface area contributed by atoms with Gasteiger partial charge >= 0.3 is 12.0 Å². The van der Waals surface area contributed by atoms with Crippen molar-refractivity contribution in [3.8, 4) is 0 Å². The van der Waals surface area contributed by atoms with E-state index in [1.165, 1.54) is 11.3 Å². The molecule has 0 radical (unpaired) electrons. The quantitative estimate of drug-likeness (QED) is 0.730. The van der Waals surface area contributed by atoms with E-state index < -0.39 is 11.4 Å². The second-order valence-electron chi connectivity index (χ2n) is 4.22. The monoisotopic (exact) mass is 271 g/mol. The largest absolute Gasteiger partial charge is 0.481 e. The van der Waals surface area contributed by atoms with Gasteiger partial charge in [0.15, 0.2) is 0 Å². The van der Waals surface area contributed by atoms with E-state index in [0.29, 0.717) is 13.0 Å². The molecule has 1 unspecified atom stereocenters. The molecular weight excluding hydrogens is 254 g/mol. The highest BCUT2D eigenvalue weighted by Gasteiger charge is 2.31. The Hall–Kier alpha value is -1.63. The molecule has 1 aromatic rings. The summed E-state index contributed by atoms with van der Waals surface area (Å²) < 4.78 is 0. The van der Waals surface area contributed by atoms with Crippen molar-refractivity contribution in [2.75, 3.05) is 6.54 Å². The van der Waals surface area contributed by atoms with Crippen molar-refractivity contribution in [2.24, 2.45) is 5.41 Å². The van der Waals surface area contributed by atoms with Crippen LogP contribution in [0.5, 0.6) is 0 Å². The molecular formula is C11H17N3O3S. The zero-order valence-electron chi connectivity index (χ0n) is 10.4. The topological polar surface area (TPSA) is 91.3 Å². The van der Waals surface area contributed by atoms with Gasteiger partial charge < -0.3 is 15.7 Å². The van der Waals surface area contributed by atoms with Crippen LogP contribution in [0.4, 0.5) is 4.79 Å². The third-order valence-electron chi connectivity index (χ3n) is 2.84. The van der Waals surface area contributed by atoms with Crippen molar-refractivity contribution in [1.29, 1.82) is 0 Å². The number of nitrogens with zero attached hydrogens (tertiary/aromatic N) is 1. The highest BCUT2D eigenvalue weighted by atomic mass is 32.1. The maximum Gasteiger partial charge on any atom is 0.315 e. The Bertz CT molecular complexity index is 408. The van der Waals surface area contributed by atoms with Crippen LogP contribution < -0.4 is 10.6 Å². The summed E-state index contributed by atoms with van der Waals surface area (Å²) in [5, 5.41) is 14.3. The summed E-state index contributed by atoms with van der Waals surface area (Å²) in [6.45, 7) is 3.89. The summed E-state index contributed by atoms with van der Waals surface area (Å²) in [6, 6.07) is -0.371. The molecule has 3 N–H and O–H groups in total. The molecule has 0 aliphatic carbocycles. The Morgan fingerprint density at radius 2 is 2.22 bits per heavy atom. The predicted octanol–water partition coefficient (Wildman–Crippen LogP) is 1.44. The number of carboxylic acids is 1. The molecule has 0 aromatic carbocycles. The van der Waals surface area contributed by atoms with Crippen molar-refractivity contribution in [1.82, 2.24) is 15.6 Å². The molecule has 0 spiro atoms. The number of aromatic nitrogens is 1. The fourth-order valence-electron chi connectivity index (χ4n) is 1.19. The number of urea groups is 1. The van der Waals surface area contributed by atoms with E-state index in [0.717, 1.165) is 4.88 Å². The van der Waals surface area contributed by atoms with Gasteiger partial charge in [0.05, 0.1) is 17.5 Å². The number of amides is 2. The van der Waals surface area contributed by atoms with E-state index >= 15 is 0 Å². The van der Waals surface area contributed by atoms with Crippen LogP contribution in [0.25, 0.3) is 0 Å². The Labute approximate surface area is 109 Å². The number of hydrogen-bond acceptors (Lipinski definition) is 4. The number of carbonyl (C=O) groups is 2. The van der Waals surface area contributed by atoms with Crippen LogP contribution in [0.3, 0.4) is 0 Å². The van der Waals surface area contributed by atoms with Crippen LogP contribution in [-0.4, -0.2) is 28.6 Å². The number of thiazole rings is 1. The molecule has 1 heterocycles. The van der Waals surface area contributed by atoms with Crippen LogP contribution in [0.1, 0.15) is 25.1 Å². The third-order valence-corrected chi connectivity index (χ3v) is 3.62. The smallest absolute Gasteiger partial charge is 0.315 e. The Kier molecular flexibility index (Phi) is 5.08. The zero-order chi connectivity index (χ0) is 13.6. The van der Waals surface area contributed by atoms with E-state index in [1.54, 1.807) is 25.6 Å².